The highest BCUT2D eigenvalue weighted by Gasteiger charge is 2.05. The van der Waals surface area contributed by atoms with Crippen LogP contribution in [0.1, 0.15) is 20.3 Å². The van der Waals surface area contributed by atoms with Gasteiger partial charge in [0.05, 0.1) is 0 Å². The van der Waals surface area contributed by atoms with Crippen molar-refractivity contribution in [3.8, 4) is 0 Å². The van der Waals surface area contributed by atoms with E-state index in [2.05, 4.69) is 43.2 Å². The van der Waals surface area contributed by atoms with E-state index in [0.29, 0.717) is 6.04 Å². The predicted octanol–water partition coefficient (Wildman–Crippen LogP) is 2.75. The molecule has 1 rings (SSSR count). The van der Waals surface area contributed by atoms with Gasteiger partial charge in [0.1, 0.15) is 0 Å². The molecule has 0 radical (unpaired) electrons. The maximum atomic E-state index is 2.35. The molecule has 64 valence electrons. The fourth-order valence-corrected chi connectivity index (χ4v) is 1.17. The van der Waals surface area contributed by atoms with Gasteiger partial charge in [-0.25, -0.2) is 0 Å². The summed E-state index contributed by atoms with van der Waals surface area (Å²) in [7, 11) is 0. The zero-order chi connectivity index (χ0) is 7.40. The van der Waals surface area contributed by atoms with Gasteiger partial charge in [-0.2, -0.15) is 0 Å². The fraction of sp³-hybridized carbons (Fsp3) is 0.556. The summed E-state index contributed by atoms with van der Waals surface area (Å²) in [6, 6.07) is 0.588. The van der Waals surface area contributed by atoms with Crippen molar-refractivity contribution >= 4 is 17.0 Å². The van der Waals surface area contributed by atoms with Crippen LogP contribution in [-0.4, -0.2) is 17.5 Å². The zero-order valence-electron chi connectivity index (χ0n) is 7.16. The summed E-state index contributed by atoms with van der Waals surface area (Å²) in [4.78, 5) is 2.35. The Morgan fingerprint density at radius 2 is 2.09 bits per heavy atom. The van der Waals surface area contributed by atoms with Crippen LogP contribution in [0.15, 0.2) is 24.4 Å². The Hall–Kier alpha value is -0.240. The van der Waals surface area contributed by atoms with Gasteiger partial charge in [0.2, 0.25) is 0 Å². The Morgan fingerprint density at radius 1 is 1.36 bits per heavy atom. The van der Waals surface area contributed by atoms with Gasteiger partial charge in [0.15, 0.2) is 0 Å². The summed E-state index contributed by atoms with van der Waals surface area (Å²) >= 11 is 0. The fourth-order valence-electron chi connectivity index (χ4n) is 1.17. The van der Waals surface area contributed by atoms with Crippen molar-refractivity contribution in [3.05, 3.63) is 24.4 Å². The smallest absolute Gasteiger partial charge is 0.0442 e. The summed E-state index contributed by atoms with van der Waals surface area (Å²) in [6.07, 6.45) is 9.80. The second-order valence-corrected chi connectivity index (χ2v) is 2.70. The highest BCUT2D eigenvalue weighted by molar-refractivity contribution is 8.93. The van der Waals surface area contributed by atoms with Crippen LogP contribution in [0, 0.1) is 0 Å². The number of hydrogen-bond acceptors (Lipinski definition) is 1. The lowest BCUT2D eigenvalue weighted by molar-refractivity contribution is 0.333. The third-order valence-electron chi connectivity index (χ3n) is 1.78. The molecule has 0 aromatic rings. The largest absolute Gasteiger partial charge is 0.371 e. The SMILES string of the molecule is Br.CCCN1C=CC=CC1C. The molecule has 1 aliphatic rings. The molecule has 0 spiro atoms. The van der Waals surface area contributed by atoms with Gasteiger partial charge in [-0.3, -0.25) is 0 Å². The Kier molecular flexibility index (Phi) is 5.30. The van der Waals surface area contributed by atoms with Crippen molar-refractivity contribution in [2.75, 3.05) is 6.54 Å². The van der Waals surface area contributed by atoms with Crippen molar-refractivity contribution in [1.82, 2.24) is 4.90 Å². The molecule has 1 unspecified atom stereocenters. The average molecular weight is 218 g/mol. The minimum absolute atomic E-state index is 0. The molecule has 11 heavy (non-hydrogen) atoms. The van der Waals surface area contributed by atoms with Crippen LogP contribution in [0.3, 0.4) is 0 Å². The number of rotatable bonds is 2. The molecule has 0 aromatic carbocycles. The Bertz CT molecular complexity index is 152. The topological polar surface area (TPSA) is 3.24 Å². The third-order valence-corrected chi connectivity index (χ3v) is 1.78. The zero-order valence-corrected chi connectivity index (χ0v) is 8.87. The number of halogens is 1. The molecular formula is C9H16BrN. The van der Waals surface area contributed by atoms with Crippen molar-refractivity contribution in [3.63, 3.8) is 0 Å². The maximum absolute atomic E-state index is 2.35. The summed E-state index contributed by atoms with van der Waals surface area (Å²) in [5.41, 5.74) is 0. The third kappa shape index (κ3) is 3.10. The maximum Gasteiger partial charge on any atom is 0.0442 e. The first-order chi connectivity index (χ1) is 4.84. The van der Waals surface area contributed by atoms with E-state index in [9.17, 15) is 0 Å². The van der Waals surface area contributed by atoms with E-state index in [0.717, 1.165) is 0 Å². The van der Waals surface area contributed by atoms with E-state index in [1.807, 2.05) is 0 Å². The van der Waals surface area contributed by atoms with Crippen LogP contribution in [0.2, 0.25) is 0 Å². The minimum Gasteiger partial charge on any atom is -0.371 e. The van der Waals surface area contributed by atoms with Gasteiger partial charge in [0, 0.05) is 12.6 Å². The average Bonchev–Trinajstić information content (AvgIpc) is 1.94. The second-order valence-electron chi connectivity index (χ2n) is 2.70. The molecule has 0 fully saturated rings. The van der Waals surface area contributed by atoms with E-state index in [1.165, 1.54) is 13.0 Å². The lowest BCUT2D eigenvalue weighted by atomic mass is 10.2. The van der Waals surface area contributed by atoms with Crippen LogP contribution in [0.25, 0.3) is 0 Å². The quantitative estimate of drug-likeness (QED) is 0.688. The van der Waals surface area contributed by atoms with E-state index in [4.69, 9.17) is 0 Å². The molecule has 0 aliphatic carbocycles. The van der Waals surface area contributed by atoms with Crippen molar-refractivity contribution in [2.45, 2.75) is 26.3 Å². The van der Waals surface area contributed by atoms with Crippen LogP contribution in [-0.2, 0) is 0 Å². The van der Waals surface area contributed by atoms with Gasteiger partial charge < -0.3 is 4.90 Å². The number of hydrogen-bond donors (Lipinski definition) is 0. The summed E-state index contributed by atoms with van der Waals surface area (Å²) in [5.74, 6) is 0. The molecule has 1 heterocycles. The first-order valence-electron chi connectivity index (χ1n) is 3.95. The molecule has 1 aliphatic heterocycles. The van der Waals surface area contributed by atoms with Crippen molar-refractivity contribution in [2.24, 2.45) is 0 Å². The number of allylic oxidation sites excluding steroid dienone is 2. The molecule has 1 nitrogen and oxygen atoms in total. The second kappa shape index (κ2) is 5.42. The van der Waals surface area contributed by atoms with E-state index < -0.39 is 0 Å². The van der Waals surface area contributed by atoms with Crippen LogP contribution in [0.5, 0.6) is 0 Å². The van der Waals surface area contributed by atoms with Crippen LogP contribution < -0.4 is 0 Å². The summed E-state index contributed by atoms with van der Waals surface area (Å²) < 4.78 is 0. The number of nitrogens with zero attached hydrogens (tertiary/aromatic N) is 1. The Balaban J connectivity index is 0.000001000. The molecule has 0 N–H and O–H groups in total. The first kappa shape index (κ1) is 10.8. The normalized spacial score (nSPS) is 21.6. The van der Waals surface area contributed by atoms with E-state index in [-0.39, 0.29) is 17.0 Å². The molecule has 1 atom stereocenters. The van der Waals surface area contributed by atoms with E-state index in [1.54, 1.807) is 0 Å². The highest BCUT2D eigenvalue weighted by atomic mass is 79.9. The molecule has 0 amide bonds. The van der Waals surface area contributed by atoms with Gasteiger partial charge in [-0.1, -0.05) is 19.1 Å². The van der Waals surface area contributed by atoms with E-state index >= 15 is 0 Å². The first-order valence-corrected chi connectivity index (χ1v) is 3.95. The molecule has 2 heteroatoms. The Labute approximate surface area is 79.5 Å². The van der Waals surface area contributed by atoms with Gasteiger partial charge >= 0.3 is 0 Å². The van der Waals surface area contributed by atoms with Gasteiger partial charge in [-0.05, 0) is 25.6 Å². The molecule has 0 aromatic heterocycles. The standard InChI is InChI=1S/C9H15N.BrH/c1-3-7-10-8-5-4-6-9(10)2;/h4-6,8-9H,3,7H2,1-2H3;1H. The molecule has 0 saturated carbocycles. The molecule has 0 saturated heterocycles. The summed E-state index contributed by atoms with van der Waals surface area (Å²) in [6.45, 7) is 5.59. The highest BCUT2D eigenvalue weighted by Crippen LogP contribution is 2.07. The van der Waals surface area contributed by atoms with Crippen molar-refractivity contribution < 1.29 is 0 Å². The lowest BCUT2D eigenvalue weighted by Crippen LogP contribution is -2.28. The van der Waals surface area contributed by atoms with Gasteiger partial charge in [0.25, 0.3) is 0 Å². The summed E-state index contributed by atoms with van der Waals surface area (Å²) in [5, 5.41) is 0. The monoisotopic (exact) mass is 217 g/mol. The van der Waals surface area contributed by atoms with Gasteiger partial charge in [-0.15, -0.1) is 17.0 Å². The molecular weight excluding hydrogens is 202 g/mol. The minimum atomic E-state index is 0. The Morgan fingerprint density at radius 3 is 2.64 bits per heavy atom. The predicted molar refractivity (Wildman–Crippen MR) is 55.1 cm³/mol. The van der Waals surface area contributed by atoms with Crippen molar-refractivity contribution in [1.29, 1.82) is 0 Å². The molecule has 0 bridgehead atoms. The lowest BCUT2D eigenvalue weighted by Gasteiger charge is -2.26. The van der Waals surface area contributed by atoms with Crippen LogP contribution >= 0.6 is 17.0 Å². The van der Waals surface area contributed by atoms with Crippen LogP contribution in [0.4, 0.5) is 0 Å².